The third-order valence-electron chi connectivity index (χ3n) is 3.60. The molecule has 144 valence electrons. The van der Waals surface area contributed by atoms with Crippen LogP contribution in [0.25, 0.3) is 11.6 Å². The molecule has 1 heterocycles. The number of benzene rings is 1. The summed E-state index contributed by atoms with van der Waals surface area (Å²) in [6, 6.07) is 7.13. The topological polar surface area (TPSA) is 147 Å². The first-order valence-corrected chi connectivity index (χ1v) is 8.70. The zero-order chi connectivity index (χ0) is 20.8. The minimum Gasteiger partial charge on any atom is -0.493 e. The van der Waals surface area contributed by atoms with E-state index in [2.05, 4.69) is 21.0 Å². The third-order valence-corrected chi connectivity index (χ3v) is 4.19. The highest BCUT2D eigenvalue weighted by atomic mass is 79.9. The van der Waals surface area contributed by atoms with Crippen LogP contribution in [0.4, 0.5) is 5.82 Å². The molecule has 0 unspecified atom stereocenters. The predicted molar refractivity (Wildman–Crippen MR) is 104 cm³/mol. The lowest BCUT2D eigenvalue weighted by Gasteiger charge is -2.11. The zero-order valence-corrected chi connectivity index (χ0v) is 16.6. The molecule has 3 N–H and O–H groups in total. The van der Waals surface area contributed by atoms with Crippen LogP contribution in [0, 0.1) is 22.7 Å². The number of nitrogens with two attached hydrogens (primary N) is 1. The summed E-state index contributed by atoms with van der Waals surface area (Å²) in [6.07, 6.45) is 1.50. The normalized spacial score (nSPS) is 10.9. The first-order chi connectivity index (χ1) is 13.4. The minimum absolute atomic E-state index is 0.0452. The van der Waals surface area contributed by atoms with Crippen LogP contribution < -0.4 is 15.2 Å². The number of carbonyl (C=O) groups excluding carboxylic acids is 1. The van der Waals surface area contributed by atoms with Gasteiger partial charge < -0.3 is 20.3 Å². The number of anilines is 1. The fourth-order valence-electron chi connectivity index (χ4n) is 2.43. The molecule has 1 aromatic heterocycles. The van der Waals surface area contributed by atoms with Crippen molar-refractivity contribution in [2.75, 3.05) is 19.5 Å². The van der Waals surface area contributed by atoms with Gasteiger partial charge in [-0.1, -0.05) is 0 Å². The van der Waals surface area contributed by atoms with E-state index in [4.69, 9.17) is 20.3 Å². The Morgan fingerprint density at radius 3 is 2.71 bits per heavy atom. The Labute approximate surface area is 169 Å². The van der Waals surface area contributed by atoms with Crippen LogP contribution in [0.1, 0.15) is 23.7 Å². The molecule has 0 bridgehead atoms. The number of nitriles is 2. The van der Waals surface area contributed by atoms with Crippen LogP contribution in [0.3, 0.4) is 0 Å². The van der Waals surface area contributed by atoms with Crippen LogP contribution in [-0.4, -0.2) is 34.6 Å². The van der Waals surface area contributed by atoms with Gasteiger partial charge in [0.15, 0.2) is 11.5 Å². The molecule has 28 heavy (non-hydrogen) atoms. The van der Waals surface area contributed by atoms with Gasteiger partial charge in [0.05, 0.1) is 30.3 Å². The summed E-state index contributed by atoms with van der Waals surface area (Å²) < 4.78 is 12.1. The molecule has 10 heteroatoms. The molecular weight excluding hydrogens is 430 g/mol. The number of nitrogens with zero attached hydrogens (tertiary/aromatic N) is 4. The van der Waals surface area contributed by atoms with Gasteiger partial charge in [-0.3, -0.25) is 4.79 Å². The second-order valence-electron chi connectivity index (χ2n) is 5.46. The van der Waals surface area contributed by atoms with Gasteiger partial charge in [-0.15, -0.1) is 0 Å². The largest absolute Gasteiger partial charge is 0.493 e. The van der Waals surface area contributed by atoms with Gasteiger partial charge in [0.1, 0.15) is 29.2 Å². The molecular formula is C18H16BrN5O4. The van der Waals surface area contributed by atoms with E-state index in [1.54, 1.807) is 12.1 Å². The Morgan fingerprint density at radius 1 is 1.46 bits per heavy atom. The van der Waals surface area contributed by atoms with Crippen molar-refractivity contribution in [1.82, 2.24) is 9.78 Å². The molecule has 0 aliphatic rings. The van der Waals surface area contributed by atoms with E-state index in [9.17, 15) is 15.3 Å². The van der Waals surface area contributed by atoms with E-state index < -0.39 is 5.97 Å². The Kier molecular flexibility index (Phi) is 6.77. The number of esters is 1. The number of aliphatic hydroxyl groups is 1. The van der Waals surface area contributed by atoms with Crippen molar-refractivity contribution in [3.05, 3.63) is 33.4 Å². The van der Waals surface area contributed by atoms with Gasteiger partial charge in [-0.05, 0) is 39.7 Å². The fraction of sp³-hybridized carbons (Fsp3) is 0.222. The molecule has 1 aromatic carbocycles. The van der Waals surface area contributed by atoms with Crippen molar-refractivity contribution in [3.8, 4) is 23.6 Å². The SMILES string of the molecule is COc1cc(C=C(C#N)c2nn(CCO)c(N)c2C#N)cc(Br)c1OC(C)=O. The summed E-state index contributed by atoms with van der Waals surface area (Å²) in [5.74, 6) is 0.0408. The number of hydrogen-bond acceptors (Lipinski definition) is 8. The van der Waals surface area contributed by atoms with Crippen LogP contribution >= 0.6 is 15.9 Å². The molecule has 0 radical (unpaired) electrons. The van der Waals surface area contributed by atoms with Crippen molar-refractivity contribution < 1.29 is 19.4 Å². The number of allylic oxidation sites excluding steroid dienone is 1. The predicted octanol–water partition coefficient (Wildman–Crippen LogP) is 2.09. The molecule has 2 aromatic rings. The van der Waals surface area contributed by atoms with Gasteiger partial charge in [0.25, 0.3) is 0 Å². The standard InChI is InChI=1S/C18H16BrN5O4/c1-10(26)28-17-14(19)6-11(7-15(17)27-2)5-12(8-20)16-13(9-21)18(22)24(23-16)3-4-25/h5-7,25H,3-4,22H2,1-2H3. The number of carbonyl (C=O) groups is 1. The monoisotopic (exact) mass is 445 g/mol. The van der Waals surface area contributed by atoms with E-state index in [1.165, 1.54) is 24.8 Å². The van der Waals surface area contributed by atoms with Gasteiger partial charge in [0, 0.05) is 6.92 Å². The molecule has 0 amide bonds. The van der Waals surface area contributed by atoms with Gasteiger partial charge in [-0.2, -0.15) is 15.6 Å². The molecule has 0 fully saturated rings. The number of halogens is 1. The Morgan fingerprint density at radius 2 is 2.18 bits per heavy atom. The van der Waals surface area contributed by atoms with Crippen molar-refractivity contribution in [1.29, 1.82) is 10.5 Å². The summed E-state index contributed by atoms with van der Waals surface area (Å²) >= 11 is 3.31. The van der Waals surface area contributed by atoms with Crippen molar-refractivity contribution in [2.45, 2.75) is 13.5 Å². The molecule has 0 spiro atoms. The number of ether oxygens (including phenoxy) is 2. The Hall–Kier alpha value is -3.34. The van der Waals surface area contributed by atoms with E-state index in [0.717, 1.165) is 0 Å². The number of rotatable bonds is 6. The van der Waals surface area contributed by atoms with E-state index in [1.807, 2.05) is 12.1 Å². The number of aromatic nitrogens is 2. The molecule has 0 aliphatic carbocycles. The number of nitrogen functional groups attached to an aromatic ring is 1. The average molecular weight is 446 g/mol. The van der Waals surface area contributed by atoms with Crippen molar-refractivity contribution in [3.63, 3.8) is 0 Å². The molecule has 0 saturated heterocycles. The van der Waals surface area contributed by atoms with E-state index in [0.29, 0.717) is 10.0 Å². The molecule has 0 saturated carbocycles. The van der Waals surface area contributed by atoms with E-state index >= 15 is 0 Å². The molecule has 2 rings (SSSR count). The second kappa shape index (κ2) is 9.04. The van der Waals surface area contributed by atoms with Gasteiger partial charge in [-0.25, -0.2) is 4.68 Å². The average Bonchev–Trinajstić information content (AvgIpc) is 2.97. The number of methoxy groups -OCH3 is 1. The quantitative estimate of drug-likeness (QED) is 0.390. The summed E-state index contributed by atoms with van der Waals surface area (Å²) in [7, 11) is 1.42. The van der Waals surface area contributed by atoms with Gasteiger partial charge in [0.2, 0.25) is 0 Å². The highest BCUT2D eigenvalue weighted by molar-refractivity contribution is 9.10. The van der Waals surface area contributed by atoms with Crippen LogP contribution in [0.2, 0.25) is 0 Å². The van der Waals surface area contributed by atoms with Crippen molar-refractivity contribution >= 4 is 39.4 Å². The first kappa shape index (κ1) is 21.0. The van der Waals surface area contributed by atoms with Crippen LogP contribution in [-0.2, 0) is 11.3 Å². The summed E-state index contributed by atoms with van der Waals surface area (Å²) in [4.78, 5) is 11.3. The third kappa shape index (κ3) is 4.31. The Bertz CT molecular complexity index is 1030. The number of aliphatic hydroxyl groups excluding tert-OH is 1. The second-order valence-corrected chi connectivity index (χ2v) is 6.32. The molecule has 0 atom stereocenters. The summed E-state index contributed by atoms with van der Waals surface area (Å²) in [5.41, 5.74) is 6.66. The minimum atomic E-state index is -0.511. The van der Waals surface area contributed by atoms with E-state index in [-0.39, 0.29) is 47.3 Å². The first-order valence-electron chi connectivity index (χ1n) is 7.91. The van der Waals surface area contributed by atoms with Crippen LogP contribution in [0.15, 0.2) is 16.6 Å². The lowest BCUT2D eigenvalue weighted by molar-refractivity contribution is -0.132. The zero-order valence-electron chi connectivity index (χ0n) is 15.1. The molecule has 0 aliphatic heterocycles. The number of hydrogen-bond donors (Lipinski definition) is 2. The maximum absolute atomic E-state index is 11.3. The van der Waals surface area contributed by atoms with Gasteiger partial charge >= 0.3 is 5.97 Å². The maximum Gasteiger partial charge on any atom is 0.308 e. The van der Waals surface area contributed by atoms with Crippen molar-refractivity contribution in [2.24, 2.45) is 0 Å². The fourth-order valence-corrected chi connectivity index (χ4v) is 2.97. The summed E-state index contributed by atoms with van der Waals surface area (Å²) in [5, 5.41) is 32.2. The molecule has 9 nitrogen and oxygen atoms in total. The Balaban J connectivity index is 2.59. The van der Waals surface area contributed by atoms with Crippen LogP contribution in [0.5, 0.6) is 11.5 Å². The maximum atomic E-state index is 11.3. The highest BCUT2D eigenvalue weighted by Gasteiger charge is 2.20. The summed E-state index contributed by atoms with van der Waals surface area (Å²) in [6.45, 7) is 1.14. The lowest BCUT2D eigenvalue weighted by Crippen LogP contribution is -2.07. The smallest absolute Gasteiger partial charge is 0.308 e. The highest BCUT2D eigenvalue weighted by Crippen LogP contribution is 2.38. The lowest BCUT2D eigenvalue weighted by atomic mass is 10.1.